The van der Waals surface area contributed by atoms with Crippen LogP contribution >= 0.6 is 22.9 Å². The third-order valence-corrected chi connectivity index (χ3v) is 4.07. The van der Waals surface area contributed by atoms with Crippen molar-refractivity contribution in [2.75, 3.05) is 18.2 Å². The Morgan fingerprint density at radius 1 is 1.48 bits per heavy atom. The molecule has 3 N–H and O–H groups in total. The zero-order chi connectivity index (χ0) is 15.6. The zero-order valence-electron chi connectivity index (χ0n) is 11.3. The van der Waals surface area contributed by atoms with E-state index in [-0.39, 0.29) is 10.7 Å². The number of hydrogen-bond acceptors (Lipinski definition) is 6. The van der Waals surface area contributed by atoms with Crippen molar-refractivity contribution in [1.29, 1.82) is 0 Å². The maximum Gasteiger partial charge on any atom is 0.350 e. The van der Waals surface area contributed by atoms with Crippen molar-refractivity contribution in [3.8, 4) is 0 Å². The van der Waals surface area contributed by atoms with Crippen molar-refractivity contribution in [2.45, 2.75) is 6.92 Å². The second-order valence-corrected chi connectivity index (χ2v) is 5.41. The molecule has 2 aromatic heterocycles. The smallest absolute Gasteiger partial charge is 0.350 e. The summed E-state index contributed by atoms with van der Waals surface area (Å²) in [5.74, 6) is -1.01. The Morgan fingerprint density at radius 3 is 2.86 bits per heavy atom. The molecule has 21 heavy (non-hydrogen) atoms. The van der Waals surface area contributed by atoms with Crippen molar-refractivity contribution >= 4 is 46.2 Å². The number of ether oxygens (including phenoxy) is 1. The molecule has 0 spiro atoms. The van der Waals surface area contributed by atoms with Crippen LogP contribution in [0, 0.1) is 6.92 Å². The summed E-state index contributed by atoms with van der Waals surface area (Å²) in [5, 5.41) is 4.44. The fraction of sp³-hybridized carbons (Fsp3) is 0.154. The van der Waals surface area contributed by atoms with E-state index in [1.807, 2.05) is 0 Å². The number of nitrogens with zero attached hydrogens (tertiary/aromatic N) is 1. The van der Waals surface area contributed by atoms with Gasteiger partial charge in [0.25, 0.3) is 5.91 Å². The molecule has 0 saturated carbocycles. The van der Waals surface area contributed by atoms with Crippen molar-refractivity contribution < 1.29 is 14.3 Å². The number of aromatic nitrogens is 1. The van der Waals surface area contributed by atoms with E-state index >= 15 is 0 Å². The number of amides is 1. The molecule has 0 aliphatic rings. The van der Waals surface area contributed by atoms with Gasteiger partial charge in [0.2, 0.25) is 0 Å². The van der Waals surface area contributed by atoms with E-state index in [0.717, 1.165) is 5.56 Å². The second kappa shape index (κ2) is 6.11. The fourth-order valence-corrected chi connectivity index (χ4v) is 2.76. The van der Waals surface area contributed by atoms with Gasteiger partial charge < -0.3 is 15.8 Å². The van der Waals surface area contributed by atoms with Gasteiger partial charge in [-0.25, -0.2) is 9.78 Å². The molecule has 6 nitrogen and oxygen atoms in total. The standard InChI is InChI=1S/C13H12ClN3O3S/c1-6-5-21-10(13(19)20-2)9(6)17-12(18)8-3-7(15)4-16-11(8)14/h3-5H,15H2,1-2H3,(H,17,18). The maximum absolute atomic E-state index is 12.3. The van der Waals surface area contributed by atoms with Crippen molar-refractivity contribution in [2.24, 2.45) is 0 Å². The molecule has 0 aromatic carbocycles. The van der Waals surface area contributed by atoms with Gasteiger partial charge >= 0.3 is 5.97 Å². The number of carbonyl (C=O) groups is 2. The Bertz CT molecular complexity index is 715. The van der Waals surface area contributed by atoms with Gasteiger partial charge in [0.05, 0.1) is 30.2 Å². The highest BCUT2D eigenvalue weighted by atomic mass is 35.5. The first-order chi connectivity index (χ1) is 9.93. The minimum atomic E-state index is -0.514. The topological polar surface area (TPSA) is 94.3 Å². The molecule has 0 unspecified atom stereocenters. The molecule has 2 rings (SSSR count). The minimum absolute atomic E-state index is 0.0363. The monoisotopic (exact) mass is 325 g/mol. The number of methoxy groups -OCH3 is 1. The lowest BCUT2D eigenvalue weighted by Crippen LogP contribution is -2.16. The molecule has 0 aliphatic heterocycles. The van der Waals surface area contributed by atoms with Crippen LogP contribution in [0.15, 0.2) is 17.6 Å². The molecule has 0 radical (unpaired) electrons. The van der Waals surface area contributed by atoms with Gasteiger partial charge in [0, 0.05) is 0 Å². The lowest BCUT2D eigenvalue weighted by molar-refractivity contribution is 0.0607. The number of esters is 1. The Morgan fingerprint density at radius 2 is 2.19 bits per heavy atom. The van der Waals surface area contributed by atoms with Gasteiger partial charge in [0.1, 0.15) is 10.0 Å². The van der Waals surface area contributed by atoms with E-state index < -0.39 is 11.9 Å². The van der Waals surface area contributed by atoms with Gasteiger partial charge in [-0.2, -0.15) is 0 Å². The van der Waals surface area contributed by atoms with E-state index in [1.165, 1.54) is 30.7 Å². The summed E-state index contributed by atoms with van der Waals surface area (Å²) < 4.78 is 4.68. The first kappa shape index (κ1) is 15.3. The van der Waals surface area contributed by atoms with E-state index in [9.17, 15) is 9.59 Å². The fourth-order valence-electron chi connectivity index (χ4n) is 1.65. The number of nitrogens with one attached hydrogen (secondary N) is 1. The number of rotatable bonds is 3. The van der Waals surface area contributed by atoms with E-state index in [1.54, 1.807) is 12.3 Å². The molecular weight excluding hydrogens is 314 g/mol. The van der Waals surface area contributed by atoms with Crippen molar-refractivity contribution in [3.63, 3.8) is 0 Å². The molecule has 8 heteroatoms. The zero-order valence-corrected chi connectivity index (χ0v) is 12.8. The Labute approximate surface area is 129 Å². The number of carbonyl (C=O) groups excluding carboxylic acids is 2. The van der Waals surface area contributed by atoms with Crippen LogP contribution in [0.25, 0.3) is 0 Å². The van der Waals surface area contributed by atoms with Gasteiger partial charge in [-0.15, -0.1) is 11.3 Å². The summed E-state index contributed by atoms with van der Waals surface area (Å²) in [6.45, 7) is 1.78. The average Bonchev–Trinajstić information content (AvgIpc) is 2.82. The van der Waals surface area contributed by atoms with Crippen LogP contribution in [0.1, 0.15) is 25.6 Å². The SMILES string of the molecule is COC(=O)c1scc(C)c1NC(=O)c1cc(N)cnc1Cl. The predicted molar refractivity (Wildman–Crippen MR) is 82.0 cm³/mol. The van der Waals surface area contributed by atoms with Crippen LogP contribution < -0.4 is 11.1 Å². The number of halogens is 1. The summed E-state index contributed by atoms with van der Waals surface area (Å²) >= 11 is 7.07. The Kier molecular flexibility index (Phi) is 4.44. The molecule has 0 atom stereocenters. The van der Waals surface area contributed by atoms with Crippen LogP contribution in [-0.2, 0) is 4.74 Å². The minimum Gasteiger partial charge on any atom is -0.465 e. The summed E-state index contributed by atoms with van der Waals surface area (Å²) in [6, 6.07) is 1.42. The van der Waals surface area contributed by atoms with Crippen molar-refractivity contribution in [3.05, 3.63) is 38.8 Å². The third-order valence-electron chi connectivity index (χ3n) is 2.69. The first-order valence-corrected chi connectivity index (χ1v) is 7.08. The molecule has 110 valence electrons. The molecule has 0 bridgehead atoms. The highest BCUT2D eigenvalue weighted by Gasteiger charge is 2.20. The lowest BCUT2D eigenvalue weighted by atomic mass is 10.2. The molecule has 2 aromatic rings. The highest BCUT2D eigenvalue weighted by Crippen LogP contribution is 2.29. The highest BCUT2D eigenvalue weighted by molar-refractivity contribution is 7.12. The van der Waals surface area contributed by atoms with Crippen LogP contribution in [0.3, 0.4) is 0 Å². The summed E-state index contributed by atoms with van der Waals surface area (Å²) in [7, 11) is 1.28. The Balaban J connectivity index is 2.34. The molecule has 0 aliphatic carbocycles. The van der Waals surface area contributed by atoms with Crippen molar-refractivity contribution in [1.82, 2.24) is 4.98 Å². The average molecular weight is 326 g/mol. The van der Waals surface area contributed by atoms with Gasteiger partial charge in [-0.1, -0.05) is 11.6 Å². The van der Waals surface area contributed by atoms with E-state index in [4.69, 9.17) is 17.3 Å². The third kappa shape index (κ3) is 3.14. The van der Waals surface area contributed by atoms with Gasteiger partial charge in [0.15, 0.2) is 0 Å². The largest absolute Gasteiger partial charge is 0.465 e. The number of nitrogen functional groups attached to an aromatic ring is 1. The quantitative estimate of drug-likeness (QED) is 0.668. The maximum atomic E-state index is 12.3. The predicted octanol–water partition coefficient (Wildman–Crippen LogP) is 2.73. The Hall–Kier alpha value is -2.12. The second-order valence-electron chi connectivity index (χ2n) is 4.18. The normalized spacial score (nSPS) is 10.2. The molecule has 1 amide bonds. The van der Waals surface area contributed by atoms with Crippen LogP contribution in [-0.4, -0.2) is 24.0 Å². The number of thiophene rings is 1. The van der Waals surface area contributed by atoms with Crippen LogP contribution in [0.4, 0.5) is 11.4 Å². The van der Waals surface area contributed by atoms with Gasteiger partial charge in [-0.3, -0.25) is 4.79 Å². The van der Waals surface area contributed by atoms with E-state index in [2.05, 4.69) is 15.0 Å². The van der Waals surface area contributed by atoms with Crippen LogP contribution in [0.5, 0.6) is 0 Å². The number of aryl methyl sites for hydroxylation is 1. The molecule has 0 saturated heterocycles. The molecule has 2 heterocycles. The van der Waals surface area contributed by atoms with Gasteiger partial charge in [-0.05, 0) is 23.9 Å². The van der Waals surface area contributed by atoms with Crippen LogP contribution in [0.2, 0.25) is 5.15 Å². The van der Waals surface area contributed by atoms with E-state index in [0.29, 0.717) is 16.3 Å². The molecule has 0 fully saturated rings. The molecular formula is C13H12ClN3O3S. The number of hydrogen-bond donors (Lipinski definition) is 2. The number of nitrogens with two attached hydrogens (primary N) is 1. The lowest BCUT2D eigenvalue weighted by Gasteiger charge is -2.08. The number of pyridine rings is 1. The first-order valence-electron chi connectivity index (χ1n) is 5.82. The summed E-state index contributed by atoms with van der Waals surface area (Å²) in [6.07, 6.45) is 1.36. The summed E-state index contributed by atoms with van der Waals surface area (Å²) in [5.41, 5.74) is 7.20. The number of anilines is 2. The summed E-state index contributed by atoms with van der Waals surface area (Å²) in [4.78, 5) is 28.1.